The van der Waals surface area contributed by atoms with Crippen molar-refractivity contribution < 1.29 is 67.4 Å². The van der Waals surface area contributed by atoms with Gasteiger partial charge in [-0.15, -0.1) is 6.58 Å². The molecule has 3 N–H and O–H groups in total. The number of aliphatic hydroxyl groups excluding tert-OH is 1. The molecule has 2 amide bonds. The first kappa shape index (κ1) is 93.3. The Balaban J connectivity index is 1.64. The summed E-state index contributed by atoms with van der Waals surface area (Å²) in [7, 11) is 0. The molecule has 10 unspecified atom stereocenters. The number of amides is 2. The van der Waals surface area contributed by atoms with Crippen molar-refractivity contribution in [3.8, 4) is 0 Å². The Labute approximate surface area is 651 Å². The average Bonchev–Trinajstić information content (AvgIpc) is 0.840. The zero-order valence-corrected chi connectivity index (χ0v) is 67.1. The van der Waals surface area contributed by atoms with Gasteiger partial charge in [0, 0.05) is 156 Å². The smallest absolute Gasteiger partial charge is 0.220 e. The van der Waals surface area contributed by atoms with Gasteiger partial charge in [-0.1, -0.05) is 213 Å². The van der Waals surface area contributed by atoms with Gasteiger partial charge in [0.1, 0.15) is 63.6 Å². The standard InChI is InChI=1S/C93H130N2O14/c1-10-13-19-40-73(56-84(100)67(8)31-29-30-50-95-93(109)49-48-92(108)94-12-3)86(102)61-78(52-70-34-23-16-24-35-70)90(106)58-75(44-42-65(4)5)88(104)63-80(54-72-38-27-18-28-39-72)91(107)59-76(45-43-66(6)7)87(103)62-79(53-71-36-25-17-26-37-71)89(105)57-74(41-20-14-11-2)85(101)60-77(51-69-32-21-15-22-33-69)83(99)47-46-82(98)55-81(64-96)68(9)97/h15-18,21-28,32-39,66-67,73-81,96H,4,10-14,19-20,29-31,40-64H2,1-3,5-9H3,(H,94,108)(H,95,109). The molecule has 0 aliphatic carbocycles. The van der Waals surface area contributed by atoms with Crippen LogP contribution in [-0.4, -0.2) is 100 Å². The van der Waals surface area contributed by atoms with Crippen molar-refractivity contribution in [3.05, 3.63) is 156 Å². The van der Waals surface area contributed by atoms with Crippen LogP contribution < -0.4 is 10.6 Å². The molecule has 4 aromatic carbocycles. The molecule has 10 atom stereocenters. The molecule has 0 spiro atoms. The summed E-state index contributed by atoms with van der Waals surface area (Å²) in [5.74, 6) is -10.7. The third-order valence-corrected chi connectivity index (χ3v) is 21.7. The molecule has 0 heterocycles. The molecule has 0 radical (unpaired) electrons. The summed E-state index contributed by atoms with van der Waals surface area (Å²) in [6.45, 7) is 19.6. The van der Waals surface area contributed by atoms with Crippen LogP contribution in [0.3, 0.4) is 0 Å². The Morgan fingerprint density at radius 2 is 0.679 bits per heavy atom. The van der Waals surface area contributed by atoms with Gasteiger partial charge in [0.25, 0.3) is 0 Å². The lowest BCUT2D eigenvalue weighted by Gasteiger charge is -2.25. The van der Waals surface area contributed by atoms with Gasteiger partial charge in [0.15, 0.2) is 0 Å². The van der Waals surface area contributed by atoms with Gasteiger partial charge in [-0.3, -0.25) is 62.3 Å². The van der Waals surface area contributed by atoms with Crippen LogP contribution in [0.25, 0.3) is 0 Å². The average molecular weight is 1500 g/mol. The number of unbranched alkanes of at least 4 members (excludes halogenated alkanes) is 5. The van der Waals surface area contributed by atoms with Gasteiger partial charge in [-0.2, -0.15) is 0 Å². The van der Waals surface area contributed by atoms with Crippen LogP contribution in [0.5, 0.6) is 0 Å². The van der Waals surface area contributed by atoms with Crippen molar-refractivity contribution in [1.82, 2.24) is 10.6 Å². The van der Waals surface area contributed by atoms with Gasteiger partial charge in [0.2, 0.25) is 11.8 Å². The summed E-state index contributed by atoms with van der Waals surface area (Å²) in [4.78, 5) is 184. The van der Waals surface area contributed by atoms with E-state index in [0.717, 1.165) is 59.9 Å². The van der Waals surface area contributed by atoms with E-state index in [4.69, 9.17) is 0 Å². The van der Waals surface area contributed by atoms with Gasteiger partial charge in [-0.05, 0) is 120 Å². The lowest BCUT2D eigenvalue weighted by atomic mass is 9.76. The van der Waals surface area contributed by atoms with Crippen LogP contribution in [0.2, 0.25) is 0 Å². The second kappa shape index (κ2) is 52.9. The molecule has 16 nitrogen and oxygen atoms in total. The normalized spacial score (nSPS) is 14.1. The van der Waals surface area contributed by atoms with E-state index in [1.54, 1.807) is 0 Å². The Bertz CT molecular complexity index is 3490. The van der Waals surface area contributed by atoms with Gasteiger partial charge in [0.05, 0.1) is 6.61 Å². The van der Waals surface area contributed by atoms with E-state index < -0.39 is 59.9 Å². The second-order valence-corrected chi connectivity index (χ2v) is 31.6. The first-order valence-electron chi connectivity index (χ1n) is 40.9. The largest absolute Gasteiger partial charge is 0.396 e. The van der Waals surface area contributed by atoms with Crippen molar-refractivity contribution in [1.29, 1.82) is 0 Å². The van der Waals surface area contributed by atoms with Gasteiger partial charge >= 0.3 is 0 Å². The Kier molecular flexibility index (Phi) is 45.3. The summed E-state index contributed by atoms with van der Waals surface area (Å²) in [5, 5.41) is 15.3. The number of hydrogen-bond donors (Lipinski definition) is 3. The first-order valence-corrected chi connectivity index (χ1v) is 40.9. The van der Waals surface area contributed by atoms with Crippen molar-refractivity contribution in [3.63, 3.8) is 0 Å². The summed E-state index contributed by atoms with van der Waals surface area (Å²) in [6, 6.07) is 37.5. The number of rotatable bonds is 63. The highest BCUT2D eigenvalue weighted by atomic mass is 16.3. The molecule has 0 aliphatic rings. The summed E-state index contributed by atoms with van der Waals surface area (Å²) >= 11 is 0. The zero-order valence-electron chi connectivity index (χ0n) is 67.1. The first-order chi connectivity index (χ1) is 52.2. The van der Waals surface area contributed by atoms with E-state index in [-0.39, 0.29) is 203 Å². The number of nitrogens with one attached hydrogen (secondary N) is 2. The van der Waals surface area contributed by atoms with E-state index in [9.17, 15) is 43.5 Å². The number of carbonyl (C=O) groups is 13. The number of allylic oxidation sites excluding steroid dienone is 1. The molecule has 16 heteroatoms. The molecule has 0 aliphatic heterocycles. The third-order valence-electron chi connectivity index (χ3n) is 21.7. The molecule has 0 fully saturated rings. The fourth-order valence-electron chi connectivity index (χ4n) is 14.6. The molecule has 0 saturated carbocycles. The number of hydrogen-bond acceptors (Lipinski definition) is 14. The fourth-order valence-corrected chi connectivity index (χ4v) is 14.6. The minimum atomic E-state index is -0.894. The van der Waals surface area contributed by atoms with Crippen LogP contribution in [0.15, 0.2) is 133 Å². The maximum atomic E-state index is 15.4. The predicted molar refractivity (Wildman–Crippen MR) is 431 cm³/mol. The van der Waals surface area contributed by atoms with Crippen molar-refractivity contribution in [2.24, 2.45) is 65.1 Å². The molecule has 109 heavy (non-hydrogen) atoms. The fraction of sp³-hybridized carbons (Fsp3) is 0.581. The van der Waals surface area contributed by atoms with E-state index in [1.165, 1.54) is 6.92 Å². The van der Waals surface area contributed by atoms with Crippen molar-refractivity contribution in [2.45, 2.75) is 261 Å². The Hall–Kier alpha value is -8.11. The number of carbonyl (C=O) groups excluding carboxylic acids is 13. The molecule has 4 rings (SSSR count). The minimum absolute atomic E-state index is 0.0351. The van der Waals surface area contributed by atoms with Crippen molar-refractivity contribution >= 4 is 75.4 Å². The Morgan fingerprint density at radius 3 is 1.04 bits per heavy atom. The van der Waals surface area contributed by atoms with Crippen LogP contribution in [-0.2, 0) is 88.0 Å². The van der Waals surface area contributed by atoms with E-state index in [0.29, 0.717) is 70.9 Å². The number of Topliss-reactive ketones (excluding diaryl/α,β-unsaturated/α-hetero) is 11. The molecule has 0 bridgehead atoms. The molecule has 0 saturated heterocycles. The molecule has 0 aromatic heterocycles. The van der Waals surface area contributed by atoms with Crippen LogP contribution in [0, 0.1) is 65.1 Å². The predicted octanol–water partition coefficient (Wildman–Crippen LogP) is 16.9. The minimum Gasteiger partial charge on any atom is -0.396 e. The highest BCUT2D eigenvalue weighted by Crippen LogP contribution is 2.33. The van der Waals surface area contributed by atoms with E-state index in [1.807, 2.05) is 163 Å². The molecule has 596 valence electrons. The number of benzene rings is 4. The lowest BCUT2D eigenvalue weighted by molar-refractivity contribution is -0.136. The lowest BCUT2D eigenvalue weighted by Crippen LogP contribution is -2.32. The molecule has 4 aromatic rings. The number of aliphatic hydroxyl groups is 1. The summed E-state index contributed by atoms with van der Waals surface area (Å²) < 4.78 is 0. The Morgan fingerprint density at radius 1 is 0.339 bits per heavy atom. The monoisotopic (exact) mass is 1500 g/mol. The summed E-state index contributed by atoms with van der Waals surface area (Å²) in [5.41, 5.74) is 4.10. The SMILES string of the molecule is C=C(C)CCC(CC(=O)C(CC(=O)C(CCCCC)CC(=O)C(C)CCCCNC(=O)CCC(=O)NCC)Cc1ccccc1)C(=O)CC(Cc1ccccc1)C(=O)CC(CCC(C)C)C(=O)CC(Cc1ccccc1)C(=O)CC(CCCCC)C(=O)CC(Cc1ccccc1)C(=O)CCC(=O)CC(CO)C(C)=O. The second-order valence-electron chi connectivity index (χ2n) is 31.6. The maximum absolute atomic E-state index is 15.4. The molecular weight excluding hydrogens is 1370 g/mol. The molecular formula is C93H130N2O14. The maximum Gasteiger partial charge on any atom is 0.220 e. The summed E-state index contributed by atoms with van der Waals surface area (Å²) in [6.07, 6.45) is 8.53. The van der Waals surface area contributed by atoms with Gasteiger partial charge < -0.3 is 15.7 Å². The highest BCUT2D eigenvalue weighted by molar-refractivity contribution is 5.98. The topological polar surface area (TPSA) is 266 Å². The van der Waals surface area contributed by atoms with Crippen LogP contribution in [0.1, 0.15) is 257 Å². The quantitative estimate of drug-likeness (QED) is 0.0274. The highest BCUT2D eigenvalue weighted by Gasteiger charge is 2.37. The van der Waals surface area contributed by atoms with Crippen LogP contribution in [0.4, 0.5) is 0 Å². The zero-order chi connectivity index (χ0) is 80.0. The van der Waals surface area contributed by atoms with E-state index in [2.05, 4.69) is 24.1 Å². The van der Waals surface area contributed by atoms with E-state index >= 15 is 24.0 Å². The third kappa shape index (κ3) is 37.9. The van der Waals surface area contributed by atoms with Gasteiger partial charge in [-0.25, -0.2) is 0 Å². The van der Waals surface area contributed by atoms with Crippen LogP contribution >= 0.6 is 0 Å². The van der Waals surface area contributed by atoms with Crippen molar-refractivity contribution in [2.75, 3.05) is 19.7 Å². The number of ketones is 11.